The number of hydrogen-bond acceptors (Lipinski definition) is 4. The first-order valence-corrected chi connectivity index (χ1v) is 8.41. The maximum Gasteiger partial charge on any atom is 0.167 e. The first kappa shape index (κ1) is 14.8. The van der Waals surface area contributed by atoms with E-state index in [2.05, 4.69) is 15.1 Å². The lowest BCUT2D eigenvalue weighted by Crippen LogP contribution is -1.97. The lowest BCUT2D eigenvalue weighted by atomic mass is 10.2. The van der Waals surface area contributed by atoms with Crippen LogP contribution in [0.3, 0.4) is 0 Å². The fourth-order valence-electron chi connectivity index (χ4n) is 2.47. The van der Waals surface area contributed by atoms with E-state index in [-0.39, 0.29) is 5.82 Å². The average Bonchev–Trinajstić information content (AvgIpc) is 3.05. The molecule has 0 N–H and O–H groups in total. The Morgan fingerprint density at radius 2 is 1.88 bits per heavy atom. The molecule has 2 aromatic heterocycles. The van der Waals surface area contributed by atoms with E-state index in [0.717, 1.165) is 27.3 Å². The lowest BCUT2D eigenvalue weighted by Gasteiger charge is -2.04. The highest BCUT2D eigenvalue weighted by Crippen LogP contribution is 2.28. The summed E-state index contributed by atoms with van der Waals surface area (Å²) >= 11 is 1.55. The van der Waals surface area contributed by atoms with Gasteiger partial charge >= 0.3 is 0 Å². The standard InChI is InChI=1S/C18H13FN4S/c19-14-6-4-5-13(9-14)11-24-18-16-10-22-23(17(16)20-12-21-18)15-7-2-1-3-8-15/h1-10,12H,11H2. The summed E-state index contributed by atoms with van der Waals surface area (Å²) in [6.45, 7) is 0. The van der Waals surface area contributed by atoms with Crippen molar-refractivity contribution in [2.24, 2.45) is 0 Å². The molecule has 0 aliphatic heterocycles. The fourth-order valence-corrected chi connectivity index (χ4v) is 3.38. The van der Waals surface area contributed by atoms with Gasteiger partial charge < -0.3 is 0 Å². The maximum absolute atomic E-state index is 13.3. The van der Waals surface area contributed by atoms with Crippen LogP contribution in [0.5, 0.6) is 0 Å². The third kappa shape index (κ3) is 2.88. The van der Waals surface area contributed by atoms with E-state index in [0.29, 0.717) is 5.75 Å². The molecule has 0 atom stereocenters. The highest BCUT2D eigenvalue weighted by atomic mass is 32.2. The number of halogens is 1. The molecule has 0 unspecified atom stereocenters. The minimum Gasteiger partial charge on any atom is -0.229 e. The van der Waals surface area contributed by atoms with Crippen LogP contribution in [0.25, 0.3) is 16.7 Å². The Morgan fingerprint density at radius 3 is 2.71 bits per heavy atom. The van der Waals surface area contributed by atoms with Crippen LogP contribution in [0, 0.1) is 5.82 Å². The molecule has 6 heteroatoms. The third-order valence-corrected chi connectivity index (χ3v) is 4.67. The summed E-state index contributed by atoms with van der Waals surface area (Å²) in [6.07, 6.45) is 3.31. The number of nitrogens with zero attached hydrogens (tertiary/aromatic N) is 4. The molecule has 0 spiro atoms. The minimum atomic E-state index is -0.224. The summed E-state index contributed by atoms with van der Waals surface area (Å²) < 4.78 is 15.1. The van der Waals surface area contributed by atoms with Gasteiger partial charge in [0.05, 0.1) is 17.3 Å². The molecule has 0 aliphatic rings. The molecule has 24 heavy (non-hydrogen) atoms. The Labute approximate surface area is 142 Å². The van der Waals surface area contributed by atoms with Crippen molar-refractivity contribution in [3.05, 3.63) is 78.5 Å². The molecule has 118 valence electrons. The van der Waals surface area contributed by atoms with Crippen molar-refractivity contribution in [3.8, 4) is 5.69 Å². The molecule has 0 saturated carbocycles. The second-order valence-corrected chi connectivity index (χ2v) is 6.19. The summed E-state index contributed by atoms with van der Waals surface area (Å²) in [4.78, 5) is 8.72. The van der Waals surface area contributed by atoms with Gasteiger partial charge in [0.15, 0.2) is 5.65 Å². The number of hydrogen-bond donors (Lipinski definition) is 0. The molecular weight excluding hydrogens is 323 g/mol. The number of benzene rings is 2. The van der Waals surface area contributed by atoms with Gasteiger partial charge in [0, 0.05) is 5.75 Å². The Balaban J connectivity index is 1.66. The lowest BCUT2D eigenvalue weighted by molar-refractivity contribution is 0.626. The molecule has 0 aliphatic carbocycles. The van der Waals surface area contributed by atoms with Crippen LogP contribution >= 0.6 is 11.8 Å². The van der Waals surface area contributed by atoms with E-state index in [1.54, 1.807) is 34.8 Å². The Hall–Kier alpha value is -2.73. The normalized spacial score (nSPS) is 11.0. The average molecular weight is 336 g/mol. The number of aromatic nitrogens is 4. The molecule has 4 nitrogen and oxygen atoms in total. The molecule has 4 rings (SSSR count). The minimum absolute atomic E-state index is 0.224. The van der Waals surface area contributed by atoms with Crippen LogP contribution in [0.1, 0.15) is 5.56 Å². The van der Waals surface area contributed by atoms with Crippen LogP contribution in [-0.4, -0.2) is 19.7 Å². The second-order valence-electron chi connectivity index (χ2n) is 5.23. The topological polar surface area (TPSA) is 43.6 Å². The number of thioether (sulfide) groups is 1. The van der Waals surface area contributed by atoms with Crippen LogP contribution < -0.4 is 0 Å². The Morgan fingerprint density at radius 1 is 1.00 bits per heavy atom. The summed E-state index contributed by atoms with van der Waals surface area (Å²) in [6, 6.07) is 16.5. The highest BCUT2D eigenvalue weighted by molar-refractivity contribution is 7.98. The van der Waals surface area contributed by atoms with Gasteiger partial charge in [0.2, 0.25) is 0 Å². The van der Waals surface area contributed by atoms with Gasteiger partial charge in [0.1, 0.15) is 17.2 Å². The highest BCUT2D eigenvalue weighted by Gasteiger charge is 2.11. The van der Waals surface area contributed by atoms with Crippen molar-refractivity contribution in [2.75, 3.05) is 0 Å². The predicted octanol–water partition coefficient (Wildman–Crippen LogP) is 4.25. The second kappa shape index (κ2) is 6.41. The number of fused-ring (bicyclic) bond motifs is 1. The molecule has 0 saturated heterocycles. The van der Waals surface area contributed by atoms with E-state index in [4.69, 9.17) is 0 Å². The van der Waals surface area contributed by atoms with Gasteiger partial charge in [-0.3, -0.25) is 0 Å². The largest absolute Gasteiger partial charge is 0.229 e. The van der Waals surface area contributed by atoms with E-state index in [9.17, 15) is 4.39 Å². The quantitative estimate of drug-likeness (QED) is 0.413. The van der Waals surface area contributed by atoms with Gasteiger partial charge in [0.25, 0.3) is 0 Å². The van der Waals surface area contributed by atoms with Crippen molar-refractivity contribution < 1.29 is 4.39 Å². The molecular formula is C18H13FN4S. The fraction of sp³-hybridized carbons (Fsp3) is 0.0556. The van der Waals surface area contributed by atoms with Gasteiger partial charge in [-0.25, -0.2) is 19.0 Å². The zero-order valence-electron chi connectivity index (χ0n) is 12.6. The summed E-state index contributed by atoms with van der Waals surface area (Å²) in [5.74, 6) is 0.415. The van der Waals surface area contributed by atoms with Gasteiger partial charge in [-0.1, -0.05) is 30.3 Å². The van der Waals surface area contributed by atoms with Gasteiger partial charge in [-0.2, -0.15) is 5.10 Å². The molecule has 0 bridgehead atoms. The first-order chi connectivity index (χ1) is 11.8. The SMILES string of the molecule is Fc1cccc(CSc2ncnc3c2cnn3-c2ccccc2)c1. The monoisotopic (exact) mass is 336 g/mol. The van der Waals surface area contributed by atoms with Crippen LogP contribution in [0.15, 0.2) is 72.1 Å². The van der Waals surface area contributed by atoms with Crippen molar-refractivity contribution >= 4 is 22.8 Å². The van der Waals surface area contributed by atoms with Crippen molar-refractivity contribution in [1.82, 2.24) is 19.7 Å². The van der Waals surface area contributed by atoms with Gasteiger partial charge in [-0.05, 0) is 29.8 Å². The predicted molar refractivity (Wildman–Crippen MR) is 92.6 cm³/mol. The van der Waals surface area contributed by atoms with Gasteiger partial charge in [-0.15, -0.1) is 11.8 Å². The van der Waals surface area contributed by atoms with E-state index >= 15 is 0 Å². The number of rotatable bonds is 4. The van der Waals surface area contributed by atoms with Crippen LogP contribution in [-0.2, 0) is 5.75 Å². The van der Waals surface area contributed by atoms with Crippen molar-refractivity contribution in [3.63, 3.8) is 0 Å². The Bertz CT molecular complexity index is 985. The number of para-hydroxylation sites is 1. The molecule has 2 heterocycles. The zero-order chi connectivity index (χ0) is 16.4. The summed E-state index contributed by atoms with van der Waals surface area (Å²) in [5, 5.41) is 6.17. The molecule has 0 radical (unpaired) electrons. The van der Waals surface area contributed by atoms with Crippen molar-refractivity contribution in [2.45, 2.75) is 10.8 Å². The molecule has 2 aromatic carbocycles. The molecule has 0 amide bonds. The smallest absolute Gasteiger partial charge is 0.167 e. The maximum atomic E-state index is 13.3. The van der Waals surface area contributed by atoms with E-state index in [1.165, 1.54) is 12.4 Å². The summed E-state index contributed by atoms with van der Waals surface area (Å²) in [7, 11) is 0. The van der Waals surface area contributed by atoms with Crippen molar-refractivity contribution in [1.29, 1.82) is 0 Å². The third-order valence-electron chi connectivity index (χ3n) is 3.59. The van der Waals surface area contributed by atoms with E-state index in [1.807, 2.05) is 36.4 Å². The Kier molecular flexibility index (Phi) is 3.96. The van der Waals surface area contributed by atoms with E-state index < -0.39 is 0 Å². The summed E-state index contributed by atoms with van der Waals surface area (Å²) in [5.41, 5.74) is 2.63. The molecule has 4 aromatic rings. The van der Waals surface area contributed by atoms with Crippen LogP contribution in [0.2, 0.25) is 0 Å². The zero-order valence-corrected chi connectivity index (χ0v) is 13.4. The first-order valence-electron chi connectivity index (χ1n) is 7.43. The van der Waals surface area contributed by atoms with Crippen LogP contribution in [0.4, 0.5) is 4.39 Å². The molecule has 0 fully saturated rings.